The lowest BCUT2D eigenvalue weighted by atomic mass is 9.83. The van der Waals surface area contributed by atoms with E-state index in [0.29, 0.717) is 11.5 Å². The molecule has 0 heterocycles. The first-order chi connectivity index (χ1) is 8.38. The summed E-state index contributed by atoms with van der Waals surface area (Å²) < 4.78 is 26.9. The smallest absolute Gasteiger partial charge is 0.240 e. The fourth-order valence-electron chi connectivity index (χ4n) is 2.10. The summed E-state index contributed by atoms with van der Waals surface area (Å²) in [5.41, 5.74) is 6.06. The molecule has 0 spiro atoms. The van der Waals surface area contributed by atoms with Crippen LogP contribution in [0.2, 0.25) is 0 Å². The van der Waals surface area contributed by atoms with Crippen LogP contribution in [0, 0.1) is 5.92 Å². The molecule has 2 rings (SSSR count). The van der Waals surface area contributed by atoms with Crippen molar-refractivity contribution in [3.63, 3.8) is 0 Å². The zero-order valence-electron chi connectivity index (χ0n) is 10.1. The molecule has 0 unspecified atom stereocenters. The number of hydrogen-bond acceptors (Lipinski definition) is 3. The lowest BCUT2D eigenvalue weighted by Gasteiger charge is -2.32. The molecule has 1 aromatic rings. The van der Waals surface area contributed by atoms with Crippen molar-refractivity contribution in [3.8, 4) is 0 Å². The highest BCUT2D eigenvalue weighted by Crippen LogP contribution is 2.27. The highest BCUT2D eigenvalue weighted by atomic mass is 32.2. The second-order valence-electron chi connectivity index (χ2n) is 4.79. The van der Waals surface area contributed by atoms with Crippen LogP contribution >= 0.6 is 12.2 Å². The van der Waals surface area contributed by atoms with Crippen molar-refractivity contribution < 1.29 is 8.42 Å². The van der Waals surface area contributed by atoms with E-state index in [9.17, 15) is 8.42 Å². The molecule has 98 valence electrons. The summed E-state index contributed by atoms with van der Waals surface area (Å²) in [6.45, 7) is 2.11. The number of sulfonamides is 1. The van der Waals surface area contributed by atoms with Crippen molar-refractivity contribution >= 4 is 27.2 Å². The Balaban J connectivity index is 2.19. The van der Waals surface area contributed by atoms with E-state index in [1.54, 1.807) is 18.2 Å². The Morgan fingerprint density at radius 1 is 1.44 bits per heavy atom. The Labute approximate surface area is 113 Å². The topological polar surface area (TPSA) is 72.2 Å². The molecule has 3 N–H and O–H groups in total. The summed E-state index contributed by atoms with van der Waals surface area (Å²) in [6, 6.07) is 6.46. The minimum atomic E-state index is -3.47. The summed E-state index contributed by atoms with van der Waals surface area (Å²) in [4.78, 5) is 0.414. The van der Waals surface area contributed by atoms with Crippen molar-refractivity contribution in [1.29, 1.82) is 0 Å². The normalized spacial score (nSPS) is 23.4. The van der Waals surface area contributed by atoms with Gasteiger partial charge in [0.05, 0.1) is 4.90 Å². The molecular weight excluding hydrogens is 268 g/mol. The zero-order chi connectivity index (χ0) is 13.3. The van der Waals surface area contributed by atoms with E-state index in [1.165, 1.54) is 6.07 Å². The summed E-state index contributed by atoms with van der Waals surface area (Å²) >= 11 is 4.84. The van der Waals surface area contributed by atoms with Gasteiger partial charge in [-0.2, -0.15) is 0 Å². The van der Waals surface area contributed by atoms with Gasteiger partial charge in [-0.15, -0.1) is 0 Å². The van der Waals surface area contributed by atoms with Crippen molar-refractivity contribution in [2.75, 3.05) is 0 Å². The molecule has 1 aromatic carbocycles. The fourth-order valence-corrected chi connectivity index (χ4v) is 3.54. The average Bonchev–Trinajstić information content (AvgIpc) is 2.27. The number of nitrogens with one attached hydrogen (secondary N) is 1. The molecule has 0 radical (unpaired) electrons. The number of thiocarbonyl (C=S) groups is 1. The van der Waals surface area contributed by atoms with Crippen molar-refractivity contribution in [2.45, 2.75) is 30.7 Å². The Kier molecular flexibility index (Phi) is 3.70. The standard InChI is InChI=1S/C12H16N2O2S2/c1-8-5-10(6-8)14-18(15,16)11-4-2-3-9(7-11)12(13)17/h2-4,7-8,10,14H,5-6H2,1H3,(H2,13,17). The van der Waals surface area contributed by atoms with Gasteiger partial charge in [0.1, 0.15) is 4.99 Å². The molecule has 0 aromatic heterocycles. The third-order valence-electron chi connectivity index (χ3n) is 3.12. The fraction of sp³-hybridized carbons (Fsp3) is 0.417. The van der Waals surface area contributed by atoms with Crippen LogP contribution in [0.3, 0.4) is 0 Å². The summed E-state index contributed by atoms with van der Waals surface area (Å²) in [5, 5.41) is 0. The minimum Gasteiger partial charge on any atom is -0.389 e. The molecule has 6 heteroatoms. The SMILES string of the molecule is CC1CC(NS(=O)(=O)c2cccc(C(N)=S)c2)C1. The van der Waals surface area contributed by atoms with E-state index >= 15 is 0 Å². The maximum absolute atomic E-state index is 12.1. The van der Waals surface area contributed by atoms with Gasteiger partial charge in [0.2, 0.25) is 10.0 Å². The lowest BCUT2D eigenvalue weighted by Crippen LogP contribution is -2.43. The van der Waals surface area contributed by atoms with Gasteiger partial charge in [-0.1, -0.05) is 31.3 Å². The lowest BCUT2D eigenvalue weighted by molar-refractivity contribution is 0.270. The first-order valence-electron chi connectivity index (χ1n) is 5.80. The molecule has 0 bridgehead atoms. The van der Waals surface area contributed by atoms with Crippen LogP contribution in [-0.2, 0) is 10.0 Å². The van der Waals surface area contributed by atoms with Gasteiger partial charge in [-0.05, 0) is 30.9 Å². The molecule has 1 saturated carbocycles. The molecular formula is C12H16N2O2S2. The molecule has 1 aliphatic rings. The molecule has 0 amide bonds. The molecule has 0 saturated heterocycles. The molecule has 1 fully saturated rings. The van der Waals surface area contributed by atoms with Crippen molar-refractivity contribution in [1.82, 2.24) is 4.72 Å². The minimum absolute atomic E-state index is 0.0542. The Bertz CT molecular complexity index is 563. The van der Waals surface area contributed by atoms with Gasteiger partial charge in [0.15, 0.2) is 0 Å². The van der Waals surface area contributed by atoms with Crippen LogP contribution in [0.1, 0.15) is 25.3 Å². The summed E-state index contributed by atoms with van der Waals surface area (Å²) in [5.74, 6) is 0.598. The predicted octanol–water partition coefficient (Wildman–Crippen LogP) is 1.40. The van der Waals surface area contributed by atoms with Gasteiger partial charge in [0.25, 0.3) is 0 Å². The number of benzene rings is 1. The summed E-state index contributed by atoms with van der Waals surface area (Å²) in [7, 11) is -3.47. The van der Waals surface area contributed by atoms with Gasteiger partial charge in [-0.3, -0.25) is 0 Å². The molecule has 1 aliphatic carbocycles. The third-order valence-corrected chi connectivity index (χ3v) is 4.88. The second-order valence-corrected chi connectivity index (χ2v) is 6.94. The maximum atomic E-state index is 12.1. The van der Waals surface area contributed by atoms with Crippen LogP contribution in [0.25, 0.3) is 0 Å². The van der Waals surface area contributed by atoms with E-state index < -0.39 is 10.0 Å². The largest absolute Gasteiger partial charge is 0.389 e. The monoisotopic (exact) mass is 284 g/mol. The molecule has 0 atom stereocenters. The predicted molar refractivity (Wildman–Crippen MR) is 74.8 cm³/mol. The Hall–Kier alpha value is -0.980. The molecule has 0 aliphatic heterocycles. The van der Waals surface area contributed by atoms with Crippen LogP contribution in [0.4, 0.5) is 0 Å². The van der Waals surface area contributed by atoms with Crippen molar-refractivity contribution in [2.24, 2.45) is 11.7 Å². The first-order valence-corrected chi connectivity index (χ1v) is 7.70. The van der Waals surface area contributed by atoms with E-state index in [4.69, 9.17) is 18.0 Å². The Morgan fingerprint density at radius 3 is 2.67 bits per heavy atom. The van der Waals surface area contributed by atoms with Gasteiger partial charge in [-0.25, -0.2) is 13.1 Å². The van der Waals surface area contributed by atoms with E-state index in [-0.39, 0.29) is 15.9 Å². The van der Waals surface area contributed by atoms with Gasteiger partial charge < -0.3 is 5.73 Å². The van der Waals surface area contributed by atoms with E-state index in [0.717, 1.165) is 12.8 Å². The highest BCUT2D eigenvalue weighted by molar-refractivity contribution is 7.89. The average molecular weight is 284 g/mol. The Morgan fingerprint density at radius 2 is 2.11 bits per heavy atom. The quantitative estimate of drug-likeness (QED) is 0.820. The molecule has 4 nitrogen and oxygen atoms in total. The second kappa shape index (κ2) is 4.95. The number of rotatable bonds is 4. The summed E-state index contributed by atoms with van der Waals surface area (Å²) in [6.07, 6.45) is 1.79. The number of nitrogens with two attached hydrogens (primary N) is 1. The zero-order valence-corrected chi connectivity index (χ0v) is 11.7. The van der Waals surface area contributed by atoms with E-state index in [2.05, 4.69) is 11.6 Å². The van der Waals surface area contributed by atoms with E-state index in [1.807, 2.05) is 0 Å². The van der Waals surface area contributed by atoms with Crippen LogP contribution in [-0.4, -0.2) is 19.4 Å². The van der Waals surface area contributed by atoms with Crippen LogP contribution in [0.15, 0.2) is 29.2 Å². The number of hydrogen-bond donors (Lipinski definition) is 2. The molecule has 18 heavy (non-hydrogen) atoms. The van der Waals surface area contributed by atoms with Crippen LogP contribution in [0.5, 0.6) is 0 Å². The third kappa shape index (κ3) is 2.88. The van der Waals surface area contributed by atoms with Crippen molar-refractivity contribution in [3.05, 3.63) is 29.8 Å². The highest BCUT2D eigenvalue weighted by Gasteiger charge is 2.29. The van der Waals surface area contributed by atoms with Gasteiger partial charge >= 0.3 is 0 Å². The van der Waals surface area contributed by atoms with Gasteiger partial charge in [0, 0.05) is 11.6 Å². The maximum Gasteiger partial charge on any atom is 0.240 e. The first kappa shape index (κ1) is 13.5. The van der Waals surface area contributed by atoms with Crippen LogP contribution < -0.4 is 10.5 Å².